The van der Waals surface area contributed by atoms with Crippen LogP contribution >= 0.6 is 0 Å². The van der Waals surface area contributed by atoms with E-state index in [4.69, 9.17) is 0 Å². The standard InChI is InChI=1S/C26H30N6O/c1-4-8-24-23(26(33)32-16-18(3)17(2)15-31(24)32)14-19-11-12-21(20-9-6-5-7-10-20)22(13-19)25-27-29-30-28-25/h5-7,9-13,17-18H,4,8,14-16H2,1-3H3,(H,27,28,29,30). The number of hydrogen-bond donors (Lipinski definition) is 1. The Bertz CT molecular complexity index is 1300. The molecule has 3 heterocycles. The van der Waals surface area contributed by atoms with Crippen LogP contribution in [0.25, 0.3) is 22.5 Å². The summed E-state index contributed by atoms with van der Waals surface area (Å²) in [6.07, 6.45) is 2.53. The van der Waals surface area contributed by atoms with Gasteiger partial charge in [-0.1, -0.05) is 69.7 Å². The van der Waals surface area contributed by atoms with Crippen molar-refractivity contribution in [3.8, 4) is 22.5 Å². The molecule has 0 saturated carbocycles. The molecule has 0 radical (unpaired) electrons. The maximum Gasteiger partial charge on any atom is 0.270 e. The van der Waals surface area contributed by atoms with E-state index >= 15 is 0 Å². The predicted molar refractivity (Wildman–Crippen MR) is 129 cm³/mol. The highest BCUT2D eigenvalue weighted by atomic mass is 16.1. The van der Waals surface area contributed by atoms with E-state index in [1.54, 1.807) is 0 Å². The monoisotopic (exact) mass is 442 g/mol. The first-order chi connectivity index (χ1) is 16.1. The molecule has 5 rings (SSSR count). The van der Waals surface area contributed by atoms with Crippen molar-refractivity contribution >= 4 is 0 Å². The van der Waals surface area contributed by atoms with E-state index in [1.807, 2.05) is 22.9 Å². The van der Waals surface area contributed by atoms with Crippen LogP contribution in [0.1, 0.15) is 44.0 Å². The molecule has 0 amide bonds. The fraction of sp³-hybridized carbons (Fsp3) is 0.385. The number of tetrazole rings is 1. The Morgan fingerprint density at radius 1 is 1.00 bits per heavy atom. The minimum Gasteiger partial charge on any atom is -0.286 e. The zero-order chi connectivity index (χ0) is 22.9. The van der Waals surface area contributed by atoms with Gasteiger partial charge in [-0.05, 0) is 46.2 Å². The lowest BCUT2D eigenvalue weighted by molar-refractivity contribution is 0.195. The Balaban J connectivity index is 1.59. The molecule has 0 bridgehead atoms. The Morgan fingerprint density at radius 3 is 2.45 bits per heavy atom. The third kappa shape index (κ3) is 3.92. The Morgan fingerprint density at radius 2 is 1.76 bits per heavy atom. The summed E-state index contributed by atoms with van der Waals surface area (Å²) in [6, 6.07) is 16.5. The summed E-state index contributed by atoms with van der Waals surface area (Å²) < 4.78 is 4.23. The molecule has 2 aromatic heterocycles. The molecular formula is C26H30N6O. The van der Waals surface area contributed by atoms with Gasteiger partial charge in [-0.2, -0.15) is 5.21 Å². The van der Waals surface area contributed by atoms with Gasteiger partial charge in [0.05, 0.1) is 0 Å². The molecule has 170 valence electrons. The fourth-order valence-electron chi connectivity index (χ4n) is 4.92. The highest BCUT2D eigenvalue weighted by Crippen LogP contribution is 2.32. The number of fused-ring (bicyclic) bond motifs is 1. The number of benzene rings is 2. The summed E-state index contributed by atoms with van der Waals surface area (Å²) in [6.45, 7) is 8.40. The largest absolute Gasteiger partial charge is 0.286 e. The van der Waals surface area contributed by atoms with Crippen LogP contribution in [0.3, 0.4) is 0 Å². The molecule has 33 heavy (non-hydrogen) atoms. The van der Waals surface area contributed by atoms with Crippen molar-refractivity contribution in [3.05, 3.63) is 75.7 Å². The third-order valence-corrected chi connectivity index (χ3v) is 6.96. The third-order valence-electron chi connectivity index (χ3n) is 6.96. The van der Waals surface area contributed by atoms with Gasteiger partial charge in [-0.15, -0.1) is 10.2 Å². The van der Waals surface area contributed by atoms with Crippen LogP contribution < -0.4 is 5.56 Å². The Hall–Kier alpha value is -3.48. The van der Waals surface area contributed by atoms with Gasteiger partial charge in [-0.3, -0.25) is 9.48 Å². The number of nitrogens with one attached hydrogen (secondary N) is 1. The molecule has 0 spiro atoms. The average Bonchev–Trinajstić information content (AvgIpc) is 3.45. The molecule has 7 nitrogen and oxygen atoms in total. The molecule has 2 atom stereocenters. The first kappa shape index (κ1) is 21.4. The summed E-state index contributed by atoms with van der Waals surface area (Å²) >= 11 is 0. The van der Waals surface area contributed by atoms with Gasteiger partial charge in [0.2, 0.25) is 5.82 Å². The second-order valence-corrected chi connectivity index (χ2v) is 9.26. The quantitative estimate of drug-likeness (QED) is 0.482. The van der Waals surface area contributed by atoms with Gasteiger partial charge in [0.25, 0.3) is 5.56 Å². The van der Waals surface area contributed by atoms with Crippen molar-refractivity contribution in [2.75, 3.05) is 0 Å². The SMILES string of the molecule is CCCc1c(Cc2ccc(-c3ccccc3)c(-c3nn[nH]n3)c2)c(=O)n2n1CC(C)C(C)C2. The summed E-state index contributed by atoms with van der Waals surface area (Å²) in [5, 5.41) is 14.8. The van der Waals surface area contributed by atoms with E-state index in [0.29, 0.717) is 24.1 Å². The van der Waals surface area contributed by atoms with Crippen molar-refractivity contribution in [1.29, 1.82) is 0 Å². The van der Waals surface area contributed by atoms with E-state index in [1.165, 1.54) is 5.69 Å². The van der Waals surface area contributed by atoms with Crippen LogP contribution in [-0.4, -0.2) is 30.0 Å². The van der Waals surface area contributed by atoms with Crippen molar-refractivity contribution in [3.63, 3.8) is 0 Å². The second-order valence-electron chi connectivity index (χ2n) is 9.26. The second kappa shape index (κ2) is 8.81. The number of aromatic nitrogens is 6. The molecule has 2 aromatic carbocycles. The number of rotatable bonds is 6. The average molecular weight is 443 g/mol. The molecule has 0 saturated heterocycles. The number of aromatic amines is 1. The van der Waals surface area contributed by atoms with E-state index < -0.39 is 0 Å². The van der Waals surface area contributed by atoms with Crippen molar-refractivity contribution in [2.24, 2.45) is 11.8 Å². The van der Waals surface area contributed by atoms with E-state index in [9.17, 15) is 4.79 Å². The van der Waals surface area contributed by atoms with Gasteiger partial charge in [0.15, 0.2) is 0 Å². The maximum atomic E-state index is 13.5. The van der Waals surface area contributed by atoms with Gasteiger partial charge in [0.1, 0.15) is 0 Å². The molecule has 0 aliphatic carbocycles. The summed E-state index contributed by atoms with van der Waals surface area (Å²) in [5.74, 6) is 1.62. The van der Waals surface area contributed by atoms with Crippen molar-refractivity contribution < 1.29 is 0 Å². The summed E-state index contributed by atoms with van der Waals surface area (Å²) in [7, 11) is 0. The van der Waals surface area contributed by atoms with Crippen LogP contribution in [0.4, 0.5) is 0 Å². The molecular weight excluding hydrogens is 412 g/mol. The van der Waals surface area contributed by atoms with Crippen LogP contribution in [0.5, 0.6) is 0 Å². The van der Waals surface area contributed by atoms with Crippen LogP contribution in [0.2, 0.25) is 0 Å². The molecule has 4 aromatic rings. The van der Waals surface area contributed by atoms with E-state index in [2.05, 4.69) is 76.4 Å². The van der Waals surface area contributed by atoms with Gasteiger partial charge in [0, 0.05) is 36.3 Å². The topological polar surface area (TPSA) is 81.4 Å². The lowest BCUT2D eigenvalue weighted by Gasteiger charge is -2.30. The number of nitrogens with zero attached hydrogens (tertiary/aromatic N) is 5. The molecule has 1 N–H and O–H groups in total. The molecule has 1 aliphatic rings. The Kier molecular flexibility index (Phi) is 5.70. The van der Waals surface area contributed by atoms with Gasteiger partial charge in [-0.25, -0.2) is 4.68 Å². The first-order valence-corrected chi connectivity index (χ1v) is 11.8. The zero-order valence-corrected chi connectivity index (χ0v) is 19.5. The summed E-state index contributed by atoms with van der Waals surface area (Å²) in [5.41, 5.74) is 6.40. The minimum absolute atomic E-state index is 0.158. The molecule has 2 unspecified atom stereocenters. The van der Waals surface area contributed by atoms with Gasteiger partial charge >= 0.3 is 0 Å². The minimum atomic E-state index is 0.158. The smallest absolute Gasteiger partial charge is 0.270 e. The molecule has 1 aliphatic heterocycles. The Labute approximate surface area is 193 Å². The van der Waals surface area contributed by atoms with Crippen LogP contribution in [0.15, 0.2) is 53.3 Å². The van der Waals surface area contributed by atoms with Crippen LogP contribution in [-0.2, 0) is 25.9 Å². The van der Waals surface area contributed by atoms with E-state index in [-0.39, 0.29) is 5.56 Å². The highest BCUT2D eigenvalue weighted by molar-refractivity contribution is 5.80. The number of hydrogen-bond acceptors (Lipinski definition) is 4. The molecule has 0 fully saturated rings. The maximum absolute atomic E-state index is 13.5. The van der Waals surface area contributed by atoms with E-state index in [0.717, 1.165) is 53.7 Å². The number of H-pyrrole nitrogens is 1. The van der Waals surface area contributed by atoms with Crippen molar-refractivity contribution in [2.45, 2.75) is 53.1 Å². The predicted octanol–water partition coefficient (Wildman–Crippen LogP) is 4.33. The zero-order valence-electron chi connectivity index (χ0n) is 19.5. The molecule has 7 heteroatoms. The normalized spacial score (nSPS) is 17.8. The van der Waals surface area contributed by atoms with Gasteiger partial charge < -0.3 is 0 Å². The highest BCUT2D eigenvalue weighted by Gasteiger charge is 2.28. The first-order valence-electron chi connectivity index (χ1n) is 11.8. The van der Waals surface area contributed by atoms with Crippen molar-refractivity contribution in [1.82, 2.24) is 30.0 Å². The lowest BCUT2D eigenvalue weighted by atomic mass is 9.94. The lowest BCUT2D eigenvalue weighted by Crippen LogP contribution is -2.36. The summed E-state index contributed by atoms with van der Waals surface area (Å²) in [4.78, 5) is 13.5. The van der Waals surface area contributed by atoms with Crippen LogP contribution in [0, 0.1) is 11.8 Å². The fourth-order valence-corrected chi connectivity index (χ4v) is 4.92.